The van der Waals surface area contributed by atoms with Crippen molar-refractivity contribution in [2.75, 3.05) is 7.05 Å². The van der Waals surface area contributed by atoms with Crippen LogP contribution in [0.25, 0.3) is 4.96 Å². The summed E-state index contributed by atoms with van der Waals surface area (Å²) in [5.74, 6) is 0.322. The molecule has 1 N–H and O–H groups in total. The number of fused-ring (bicyclic) bond motifs is 1. The molecular formula is C13H11ClFN3OS. The van der Waals surface area contributed by atoms with Crippen LogP contribution in [0.5, 0.6) is 11.6 Å². The van der Waals surface area contributed by atoms with E-state index in [2.05, 4.69) is 10.3 Å². The third-order valence-electron chi connectivity index (χ3n) is 2.77. The smallest absolute Gasteiger partial charge is 0.243 e. The summed E-state index contributed by atoms with van der Waals surface area (Å²) in [4.78, 5) is 5.24. The predicted octanol–water partition coefficient (Wildman–Crippen LogP) is 3.70. The minimum absolute atomic E-state index is 0.0682. The summed E-state index contributed by atoms with van der Waals surface area (Å²) in [6.45, 7) is 0.601. The largest absolute Gasteiger partial charge is 0.437 e. The van der Waals surface area contributed by atoms with Gasteiger partial charge in [0.05, 0.1) is 5.02 Å². The van der Waals surface area contributed by atoms with Gasteiger partial charge in [-0.05, 0) is 19.2 Å². The number of benzene rings is 1. The number of ether oxygens (including phenoxy) is 1. The van der Waals surface area contributed by atoms with Gasteiger partial charge in [0.25, 0.3) is 0 Å². The minimum atomic E-state index is -0.514. The van der Waals surface area contributed by atoms with Crippen LogP contribution in [0.1, 0.15) is 5.69 Å². The lowest BCUT2D eigenvalue weighted by Crippen LogP contribution is -2.08. The first-order chi connectivity index (χ1) is 9.69. The molecule has 0 radical (unpaired) electrons. The molecular weight excluding hydrogens is 301 g/mol. The number of hydrogen-bond acceptors (Lipinski definition) is 4. The van der Waals surface area contributed by atoms with Gasteiger partial charge in [0.15, 0.2) is 4.96 Å². The maximum absolute atomic E-state index is 13.4. The molecule has 0 saturated heterocycles. The fourth-order valence-corrected chi connectivity index (χ4v) is 2.72. The Kier molecular flexibility index (Phi) is 3.60. The molecule has 0 spiro atoms. The normalized spacial score (nSPS) is 11.2. The minimum Gasteiger partial charge on any atom is -0.437 e. The van der Waals surface area contributed by atoms with Gasteiger partial charge in [-0.3, -0.25) is 4.40 Å². The lowest BCUT2D eigenvalue weighted by Gasteiger charge is -2.06. The van der Waals surface area contributed by atoms with Gasteiger partial charge in [-0.15, -0.1) is 11.3 Å². The van der Waals surface area contributed by atoms with Gasteiger partial charge in [-0.2, -0.15) is 4.98 Å². The third-order valence-corrected chi connectivity index (χ3v) is 3.84. The molecule has 0 saturated carbocycles. The molecule has 0 unspecified atom stereocenters. The first kappa shape index (κ1) is 13.4. The number of halogens is 2. The molecule has 104 valence electrons. The van der Waals surface area contributed by atoms with Crippen molar-refractivity contribution in [1.29, 1.82) is 0 Å². The Morgan fingerprint density at radius 3 is 3.10 bits per heavy atom. The van der Waals surface area contributed by atoms with E-state index in [0.29, 0.717) is 18.2 Å². The Morgan fingerprint density at radius 2 is 2.35 bits per heavy atom. The van der Waals surface area contributed by atoms with Crippen LogP contribution in [-0.2, 0) is 6.54 Å². The van der Waals surface area contributed by atoms with E-state index >= 15 is 0 Å². The van der Waals surface area contributed by atoms with Crippen molar-refractivity contribution in [3.8, 4) is 11.6 Å². The standard InChI is InChI=1S/C13H11ClFN3OS/c1-16-7-11-12(17-13-18(11)4-5-20-13)19-8-2-3-9(14)10(15)6-8/h2-6,16H,7H2,1H3. The van der Waals surface area contributed by atoms with Gasteiger partial charge >= 0.3 is 0 Å². The summed E-state index contributed by atoms with van der Waals surface area (Å²) in [6, 6.07) is 4.32. The van der Waals surface area contributed by atoms with Crippen molar-refractivity contribution in [2.24, 2.45) is 0 Å². The predicted molar refractivity (Wildman–Crippen MR) is 77.3 cm³/mol. The molecule has 20 heavy (non-hydrogen) atoms. The van der Waals surface area contributed by atoms with Crippen molar-refractivity contribution in [1.82, 2.24) is 14.7 Å². The highest BCUT2D eigenvalue weighted by molar-refractivity contribution is 7.15. The second kappa shape index (κ2) is 5.40. The van der Waals surface area contributed by atoms with E-state index in [1.54, 1.807) is 6.07 Å². The fraction of sp³-hybridized carbons (Fsp3) is 0.154. The summed E-state index contributed by atoms with van der Waals surface area (Å²) in [5.41, 5.74) is 0.888. The highest BCUT2D eigenvalue weighted by Crippen LogP contribution is 2.29. The van der Waals surface area contributed by atoms with E-state index in [-0.39, 0.29) is 5.02 Å². The molecule has 0 amide bonds. The summed E-state index contributed by atoms with van der Waals surface area (Å²) in [7, 11) is 1.84. The van der Waals surface area contributed by atoms with E-state index in [0.717, 1.165) is 10.7 Å². The first-order valence-electron chi connectivity index (χ1n) is 5.91. The second-order valence-electron chi connectivity index (χ2n) is 4.13. The Balaban J connectivity index is 1.98. The highest BCUT2D eigenvalue weighted by atomic mass is 35.5. The molecule has 0 fully saturated rings. The van der Waals surface area contributed by atoms with Crippen LogP contribution in [0, 0.1) is 5.82 Å². The molecule has 0 bridgehead atoms. The highest BCUT2D eigenvalue weighted by Gasteiger charge is 2.15. The monoisotopic (exact) mass is 311 g/mol. The van der Waals surface area contributed by atoms with Crippen LogP contribution < -0.4 is 10.1 Å². The quantitative estimate of drug-likeness (QED) is 0.798. The lowest BCUT2D eigenvalue weighted by molar-refractivity contribution is 0.452. The van der Waals surface area contributed by atoms with Crippen LogP contribution >= 0.6 is 22.9 Å². The maximum atomic E-state index is 13.4. The number of nitrogens with zero attached hydrogens (tertiary/aromatic N) is 2. The lowest BCUT2D eigenvalue weighted by atomic mass is 10.3. The first-order valence-corrected chi connectivity index (χ1v) is 7.16. The molecule has 4 nitrogen and oxygen atoms in total. The molecule has 1 aromatic carbocycles. The Bertz CT molecular complexity index is 755. The van der Waals surface area contributed by atoms with Crippen molar-refractivity contribution in [3.05, 3.63) is 46.3 Å². The maximum Gasteiger partial charge on any atom is 0.243 e. The number of rotatable bonds is 4. The molecule has 0 aliphatic heterocycles. The Labute approximate surface area is 123 Å². The van der Waals surface area contributed by atoms with E-state index in [1.165, 1.54) is 23.5 Å². The van der Waals surface area contributed by atoms with Crippen molar-refractivity contribution in [2.45, 2.75) is 6.54 Å². The van der Waals surface area contributed by atoms with Crippen molar-refractivity contribution in [3.63, 3.8) is 0 Å². The van der Waals surface area contributed by atoms with Gasteiger partial charge in [-0.1, -0.05) is 11.6 Å². The van der Waals surface area contributed by atoms with Gasteiger partial charge in [0, 0.05) is 24.2 Å². The number of nitrogens with one attached hydrogen (secondary N) is 1. The van der Waals surface area contributed by atoms with E-state index < -0.39 is 5.82 Å². The van der Waals surface area contributed by atoms with E-state index in [4.69, 9.17) is 16.3 Å². The number of imidazole rings is 1. The third kappa shape index (κ3) is 2.37. The van der Waals surface area contributed by atoms with Gasteiger partial charge in [0.2, 0.25) is 5.88 Å². The summed E-state index contributed by atoms with van der Waals surface area (Å²) < 4.78 is 21.1. The average Bonchev–Trinajstić information content (AvgIpc) is 2.98. The SMILES string of the molecule is CNCc1c(Oc2ccc(Cl)c(F)c2)nc2sccn12. The van der Waals surface area contributed by atoms with E-state index in [9.17, 15) is 4.39 Å². The zero-order valence-electron chi connectivity index (χ0n) is 10.6. The van der Waals surface area contributed by atoms with Crippen LogP contribution in [0.15, 0.2) is 29.8 Å². The van der Waals surface area contributed by atoms with Crippen LogP contribution in [0.4, 0.5) is 4.39 Å². The zero-order valence-corrected chi connectivity index (χ0v) is 12.1. The summed E-state index contributed by atoms with van der Waals surface area (Å²) >= 11 is 7.17. The van der Waals surface area contributed by atoms with Crippen LogP contribution in [-0.4, -0.2) is 16.4 Å². The van der Waals surface area contributed by atoms with Gasteiger partial charge in [-0.25, -0.2) is 4.39 Å². The second-order valence-corrected chi connectivity index (χ2v) is 5.41. The van der Waals surface area contributed by atoms with Gasteiger partial charge in [0.1, 0.15) is 17.3 Å². The van der Waals surface area contributed by atoms with Crippen molar-refractivity contribution < 1.29 is 9.13 Å². The average molecular weight is 312 g/mol. The Hall–Kier alpha value is -1.63. The zero-order chi connectivity index (χ0) is 14.1. The van der Waals surface area contributed by atoms with Crippen molar-refractivity contribution >= 4 is 27.9 Å². The molecule has 3 rings (SSSR count). The number of thiazole rings is 1. The Morgan fingerprint density at radius 1 is 1.50 bits per heavy atom. The molecule has 2 aromatic heterocycles. The van der Waals surface area contributed by atoms with E-state index in [1.807, 2.05) is 23.0 Å². The molecule has 0 aliphatic rings. The van der Waals surface area contributed by atoms with Crippen LogP contribution in [0.3, 0.4) is 0 Å². The summed E-state index contributed by atoms with van der Waals surface area (Å²) in [5, 5.41) is 5.09. The molecule has 0 atom stereocenters. The number of aromatic nitrogens is 2. The topological polar surface area (TPSA) is 38.6 Å². The summed E-state index contributed by atoms with van der Waals surface area (Å²) in [6.07, 6.45) is 1.93. The molecule has 2 heterocycles. The molecule has 7 heteroatoms. The molecule has 3 aromatic rings. The van der Waals surface area contributed by atoms with Crippen LogP contribution in [0.2, 0.25) is 5.02 Å². The molecule has 0 aliphatic carbocycles. The number of hydrogen-bond donors (Lipinski definition) is 1. The van der Waals surface area contributed by atoms with Gasteiger partial charge < -0.3 is 10.1 Å². The fourth-order valence-electron chi connectivity index (χ4n) is 1.87.